The number of nitrogens with zero attached hydrogens (tertiary/aromatic N) is 1. The standard InChI is InChI=1S/C11H19N3O/c12-5-1-4-10-8-14-11(15-10)7-9-3-2-6-13-9/h8-9,13H,1-7,12H2. The van der Waals surface area contributed by atoms with Crippen molar-refractivity contribution in [2.45, 2.75) is 38.1 Å². The van der Waals surface area contributed by atoms with Crippen LogP contribution in [0.2, 0.25) is 0 Å². The highest BCUT2D eigenvalue weighted by atomic mass is 16.4. The molecule has 0 amide bonds. The van der Waals surface area contributed by atoms with Crippen molar-refractivity contribution in [3.63, 3.8) is 0 Å². The van der Waals surface area contributed by atoms with E-state index in [0.29, 0.717) is 12.6 Å². The van der Waals surface area contributed by atoms with Crippen LogP contribution in [0.4, 0.5) is 0 Å². The second-order valence-electron chi connectivity index (χ2n) is 4.11. The second kappa shape index (κ2) is 5.28. The molecule has 2 heterocycles. The van der Waals surface area contributed by atoms with Crippen molar-refractivity contribution >= 4 is 0 Å². The van der Waals surface area contributed by atoms with E-state index in [-0.39, 0.29) is 0 Å². The minimum Gasteiger partial charge on any atom is -0.446 e. The third-order valence-electron chi connectivity index (χ3n) is 2.81. The smallest absolute Gasteiger partial charge is 0.195 e. The monoisotopic (exact) mass is 209 g/mol. The van der Waals surface area contributed by atoms with E-state index in [1.165, 1.54) is 12.8 Å². The molecule has 1 aromatic rings. The molecule has 0 aromatic carbocycles. The molecule has 4 nitrogen and oxygen atoms in total. The molecule has 0 spiro atoms. The number of nitrogens with two attached hydrogens (primary N) is 1. The van der Waals surface area contributed by atoms with Gasteiger partial charge in [0.25, 0.3) is 0 Å². The SMILES string of the molecule is NCCCc1cnc(CC2CCCN2)o1. The van der Waals surface area contributed by atoms with Gasteiger partial charge in [-0.1, -0.05) is 0 Å². The molecule has 15 heavy (non-hydrogen) atoms. The quantitative estimate of drug-likeness (QED) is 0.755. The Hall–Kier alpha value is -0.870. The Balaban J connectivity index is 1.83. The highest BCUT2D eigenvalue weighted by Gasteiger charge is 2.16. The minimum atomic E-state index is 0.561. The van der Waals surface area contributed by atoms with E-state index in [4.69, 9.17) is 10.2 Å². The molecule has 1 aliphatic heterocycles. The Morgan fingerprint density at radius 3 is 3.27 bits per heavy atom. The van der Waals surface area contributed by atoms with Crippen molar-refractivity contribution in [3.05, 3.63) is 17.8 Å². The van der Waals surface area contributed by atoms with Crippen LogP contribution in [-0.2, 0) is 12.8 Å². The lowest BCUT2D eigenvalue weighted by molar-refractivity contribution is 0.425. The van der Waals surface area contributed by atoms with E-state index in [9.17, 15) is 0 Å². The summed E-state index contributed by atoms with van der Waals surface area (Å²) in [5.74, 6) is 1.83. The van der Waals surface area contributed by atoms with Crippen LogP contribution in [0.25, 0.3) is 0 Å². The van der Waals surface area contributed by atoms with Crippen molar-refractivity contribution in [2.75, 3.05) is 13.1 Å². The Morgan fingerprint density at radius 2 is 2.53 bits per heavy atom. The summed E-state index contributed by atoms with van der Waals surface area (Å²) in [7, 11) is 0. The fourth-order valence-corrected chi connectivity index (χ4v) is 1.98. The van der Waals surface area contributed by atoms with E-state index in [1.54, 1.807) is 0 Å². The maximum atomic E-state index is 5.64. The predicted molar refractivity (Wildman–Crippen MR) is 58.6 cm³/mol. The van der Waals surface area contributed by atoms with Crippen LogP contribution in [0, 0.1) is 0 Å². The summed E-state index contributed by atoms with van der Waals surface area (Å²) in [5, 5.41) is 3.44. The van der Waals surface area contributed by atoms with Gasteiger partial charge in [-0.2, -0.15) is 0 Å². The lowest BCUT2D eigenvalue weighted by Gasteiger charge is -2.05. The van der Waals surface area contributed by atoms with Crippen molar-refractivity contribution in [1.29, 1.82) is 0 Å². The molecule has 0 bridgehead atoms. The Morgan fingerprint density at radius 1 is 1.60 bits per heavy atom. The van der Waals surface area contributed by atoms with Gasteiger partial charge in [0.05, 0.1) is 6.20 Å². The number of hydrogen-bond acceptors (Lipinski definition) is 4. The highest BCUT2D eigenvalue weighted by molar-refractivity contribution is 4.96. The molecule has 1 aliphatic rings. The molecule has 1 saturated heterocycles. The van der Waals surface area contributed by atoms with Crippen LogP contribution in [0.3, 0.4) is 0 Å². The van der Waals surface area contributed by atoms with Gasteiger partial charge in [0.1, 0.15) is 5.76 Å². The molecular formula is C11H19N3O. The number of hydrogen-bond donors (Lipinski definition) is 2. The molecule has 1 unspecified atom stereocenters. The van der Waals surface area contributed by atoms with Gasteiger partial charge in [-0.15, -0.1) is 0 Å². The summed E-state index contributed by atoms with van der Waals surface area (Å²) >= 11 is 0. The molecular weight excluding hydrogens is 190 g/mol. The zero-order valence-corrected chi connectivity index (χ0v) is 9.04. The van der Waals surface area contributed by atoms with E-state index in [0.717, 1.165) is 37.5 Å². The van der Waals surface area contributed by atoms with Gasteiger partial charge in [0, 0.05) is 18.9 Å². The molecule has 4 heteroatoms. The molecule has 0 aliphatic carbocycles. The highest BCUT2D eigenvalue weighted by Crippen LogP contribution is 2.13. The lowest BCUT2D eigenvalue weighted by Crippen LogP contribution is -2.23. The first-order valence-electron chi connectivity index (χ1n) is 5.75. The molecule has 1 fully saturated rings. The number of rotatable bonds is 5. The predicted octanol–water partition coefficient (Wildman–Crippen LogP) is 0.860. The molecule has 0 saturated carbocycles. The zero-order valence-electron chi connectivity index (χ0n) is 9.04. The van der Waals surface area contributed by atoms with Crippen LogP contribution in [0.15, 0.2) is 10.6 Å². The molecule has 1 aromatic heterocycles. The van der Waals surface area contributed by atoms with Crippen LogP contribution in [0.5, 0.6) is 0 Å². The summed E-state index contributed by atoms with van der Waals surface area (Å²) in [6, 6.07) is 0.561. The van der Waals surface area contributed by atoms with Crippen LogP contribution in [-0.4, -0.2) is 24.1 Å². The Bertz CT molecular complexity index is 292. The van der Waals surface area contributed by atoms with E-state index < -0.39 is 0 Å². The van der Waals surface area contributed by atoms with E-state index in [2.05, 4.69) is 10.3 Å². The van der Waals surface area contributed by atoms with Crippen molar-refractivity contribution in [3.8, 4) is 0 Å². The topological polar surface area (TPSA) is 64.1 Å². The van der Waals surface area contributed by atoms with Gasteiger partial charge in [0.15, 0.2) is 5.89 Å². The Labute approximate surface area is 90.2 Å². The summed E-state index contributed by atoms with van der Waals surface area (Å²) in [6.07, 6.45) is 7.13. The van der Waals surface area contributed by atoms with E-state index >= 15 is 0 Å². The van der Waals surface area contributed by atoms with Crippen molar-refractivity contribution < 1.29 is 4.42 Å². The van der Waals surface area contributed by atoms with Gasteiger partial charge >= 0.3 is 0 Å². The average molecular weight is 209 g/mol. The molecule has 84 valence electrons. The fourth-order valence-electron chi connectivity index (χ4n) is 1.98. The largest absolute Gasteiger partial charge is 0.446 e. The molecule has 3 N–H and O–H groups in total. The normalized spacial score (nSPS) is 21.0. The second-order valence-corrected chi connectivity index (χ2v) is 4.11. The fraction of sp³-hybridized carbons (Fsp3) is 0.727. The Kier molecular flexibility index (Phi) is 3.75. The summed E-state index contributed by atoms with van der Waals surface area (Å²) in [5.41, 5.74) is 5.44. The van der Waals surface area contributed by atoms with Crippen molar-refractivity contribution in [1.82, 2.24) is 10.3 Å². The maximum absolute atomic E-state index is 5.64. The van der Waals surface area contributed by atoms with Gasteiger partial charge in [-0.05, 0) is 32.4 Å². The van der Waals surface area contributed by atoms with Crippen LogP contribution in [0.1, 0.15) is 30.9 Å². The first-order chi connectivity index (χ1) is 7.38. The minimum absolute atomic E-state index is 0.561. The first-order valence-corrected chi connectivity index (χ1v) is 5.75. The molecule has 1 atom stereocenters. The van der Waals surface area contributed by atoms with Crippen LogP contribution >= 0.6 is 0 Å². The molecule has 2 rings (SSSR count). The zero-order chi connectivity index (χ0) is 10.5. The van der Waals surface area contributed by atoms with Crippen LogP contribution < -0.4 is 11.1 Å². The lowest BCUT2D eigenvalue weighted by atomic mass is 10.2. The first kappa shape index (κ1) is 10.6. The third-order valence-corrected chi connectivity index (χ3v) is 2.81. The average Bonchev–Trinajstić information content (AvgIpc) is 2.87. The number of nitrogens with one attached hydrogen (secondary N) is 1. The summed E-state index contributed by atoms with van der Waals surface area (Å²) in [4.78, 5) is 4.29. The maximum Gasteiger partial charge on any atom is 0.195 e. The van der Waals surface area contributed by atoms with E-state index in [1.807, 2.05) is 6.20 Å². The third kappa shape index (κ3) is 3.04. The van der Waals surface area contributed by atoms with Gasteiger partial charge in [-0.3, -0.25) is 0 Å². The summed E-state index contributed by atoms with van der Waals surface area (Å²) < 4.78 is 5.64. The van der Waals surface area contributed by atoms with Gasteiger partial charge < -0.3 is 15.5 Å². The number of aryl methyl sites for hydroxylation is 1. The molecule has 0 radical (unpaired) electrons. The van der Waals surface area contributed by atoms with Crippen molar-refractivity contribution in [2.24, 2.45) is 5.73 Å². The van der Waals surface area contributed by atoms with Gasteiger partial charge in [0.2, 0.25) is 0 Å². The number of oxazole rings is 1. The number of aromatic nitrogens is 1. The van der Waals surface area contributed by atoms with Gasteiger partial charge in [-0.25, -0.2) is 4.98 Å². The summed E-state index contributed by atoms with van der Waals surface area (Å²) in [6.45, 7) is 1.84.